The van der Waals surface area contributed by atoms with Gasteiger partial charge in [-0.1, -0.05) is 60.7 Å². The summed E-state index contributed by atoms with van der Waals surface area (Å²) in [5, 5.41) is 11.1. The van der Waals surface area contributed by atoms with E-state index in [0.717, 1.165) is 12.1 Å². The summed E-state index contributed by atoms with van der Waals surface area (Å²) in [6.07, 6.45) is 4.13. The maximum Gasteiger partial charge on any atom is 0.273 e. The van der Waals surface area contributed by atoms with Gasteiger partial charge in [0.05, 0.1) is 10.7 Å². The van der Waals surface area contributed by atoms with Gasteiger partial charge in [-0.05, 0) is 5.56 Å². The number of hydrogen-bond donors (Lipinski definition) is 0. The Morgan fingerprint density at radius 2 is 1.61 bits per heavy atom. The van der Waals surface area contributed by atoms with E-state index < -0.39 is 14.9 Å². The molecule has 1 aliphatic rings. The second kappa shape index (κ2) is 9.09. The smallest absolute Gasteiger partial charge is 0.273 e. The summed E-state index contributed by atoms with van der Waals surface area (Å²) >= 11 is 0. The van der Waals surface area contributed by atoms with Gasteiger partial charge in [-0.15, -0.1) is 0 Å². The monoisotopic (exact) mass is 401 g/mol. The number of sulfonamides is 1. The fourth-order valence-electron chi connectivity index (χ4n) is 3.19. The van der Waals surface area contributed by atoms with Gasteiger partial charge in [-0.2, -0.15) is 4.31 Å². The molecular weight excluding hydrogens is 378 g/mol. The summed E-state index contributed by atoms with van der Waals surface area (Å²) in [7, 11) is -3.60. The normalized spacial score (nSPS) is 16.4. The van der Waals surface area contributed by atoms with Crippen molar-refractivity contribution < 1.29 is 13.3 Å². The van der Waals surface area contributed by atoms with Gasteiger partial charge < -0.3 is 0 Å². The lowest BCUT2D eigenvalue weighted by atomic mass is 10.2. The minimum absolute atomic E-state index is 0.157. The average molecular weight is 401 g/mol. The third-order valence-corrected chi connectivity index (χ3v) is 6.55. The van der Waals surface area contributed by atoms with E-state index in [-0.39, 0.29) is 17.0 Å². The van der Waals surface area contributed by atoms with Gasteiger partial charge in [0, 0.05) is 44.4 Å². The van der Waals surface area contributed by atoms with Crippen LogP contribution in [0.1, 0.15) is 11.1 Å². The Bertz CT molecular complexity index is 937. The highest BCUT2D eigenvalue weighted by Gasteiger charge is 2.28. The quantitative estimate of drug-likeness (QED) is 0.526. The van der Waals surface area contributed by atoms with E-state index >= 15 is 0 Å². The number of nitro groups is 1. The van der Waals surface area contributed by atoms with Crippen molar-refractivity contribution in [2.45, 2.75) is 5.75 Å². The van der Waals surface area contributed by atoms with Crippen LogP contribution in [0.3, 0.4) is 0 Å². The molecule has 1 fully saturated rings. The van der Waals surface area contributed by atoms with Gasteiger partial charge in [0.1, 0.15) is 0 Å². The Kier molecular flexibility index (Phi) is 6.56. The van der Waals surface area contributed by atoms with Crippen LogP contribution in [0.25, 0.3) is 6.08 Å². The molecule has 28 heavy (non-hydrogen) atoms. The van der Waals surface area contributed by atoms with Crippen molar-refractivity contribution in [3.05, 3.63) is 81.9 Å². The highest BCUT2D eigenvalue weighted by molar-refractivity contribution is 7.88. The van der Waals surface area contributed by atoms with Gasteiger partial charge in [0.2, 0.25) is 10.0 Å². The highest BCUT2D eigenvalue weighted by atomic mass is 32.2. The highest BCUT2D eigenvalue weighted by Crippen LogP contribution is 2.22. The number of para-hydroxylation sites is 1. The minimum atomic E-state index is -3.60. The predicted octanol–water partition coefficient (Wildman–Crippen LogP) is 2.76. The first-order valence-corrected chi connectivity index (χ1v) is 10.7. The van der Waals surface area contributed by atoms with Crippen molar-refractivity contribution in [3.8, 4) is 0 Å². The molecule has 2 aromatic carbocycles. The molecule has 0 radical (unpaired) electrons. The third kappa shape index (κ3) is 5.25. The van der Waals surface area contributed by atoms with Crippen LogP contribution in [0.4, 0.5) is 5.69 Å². The molecule has 0 N–H and O–H groups in total. The Morgan fingerprint density at radius 3 is 2.29 bits per heavy atom. The molecule has 0 atom stereocenters. The number of nitro benzene ring substituents is 1. The van der Waals surface area contributed by atoms with E-state index in [2.05, 4.69) is 17.1 Å². The molecule has 0 bridgehead atoms. The fraction of sp³-hybridized carbons (Fsp3) is 0.300. The van der Waals surface area contributed by atoms with E-state index in [4.69, 9.17) is 0 Å². The molecule has 0 aliphatic carbocycles. The summed E-state index contributed by atoms with van der Waals surface area (Å²) < 4.78 is 26.8. The Morgan fingerprint density at radius 1 is 0.964 bits per heavy atom. The van der Waals surface area contributed by atoms with Crippen LogP contribution in [-0.4, -0.2) is 55.3 Å². The van der Waals surface area contributed by atoms with Crippen molar-refractivity contribution in [3.63, 3.8) is 0 Å². The number of piperazine rings is 1. The topological polar surface area (TPSA) is 83.8 Å². The minimum Gasteiger partial charge on any atom is -0.297 e. The van der Waals surface area contributed by atoms with Gasteiger partial charge >= 0.3 is 0 Å². The average Bonchev–Trinajstić information content (AvgIpc) is 2.69. The first-order valence-electron chi connectivity index (χ1n) is 9.10. The zero-order valence-electron chi connectivity index (χ0n) is 15.5. The number of rotatable bonds is 7. The Hall–Kier alpha value is -2.55. The maximum atomic E-state index is 12.7. The molecule has 0 amide bonds. The van der Waals surface area contributed by atoms with E-state index in [0.29, 0.717) is 26.2 Å². The first kappa shape index (κ1) is 20.2. The predicted molar refractivity (Wildman–Crippen MR) is 109 cm³/mol. The molecular formula is C20H23N3O4S. The lowest BCUT2D eigenvalue weighted by molar-refractivity contribution is -0.385. The lowest BCUT2D eigenvalue weighted by Crippen LogP contribution is -2.48. The standard InChI is InChI=1S/C20H23N3O4S/c24-23(25)20-11-5-4-10-19(20)17-28(26,27)22-15-13-21(14-16-22)12-6-9-18-7-2-1-3-8-18/h1-11H,12-17H2. The van der Waals surface area contributed by atoms with Crippen molar-refractivity contribution in [2.24, 2.45) is 0 Å². The van der Waals surface area contributed by atoms with Crippen LogP contribution in [-0.2, 0) is 15.8 Å². The van der Waals surface area contributed by atoms with Crippen molar-refractivity contribution in [2.75, 3.05) is 32.7 Å². The SMILES string of the molecule is O=[N+]([O-])c1ccccc1CS(=O)(=O)N1CCN(CC=Cc2ccccc2)CC1. The molecule has 3 rings (SSSR count). The molecule has 148 valence electrons. The van der Waals surface area contributed by atoms with Crippen molar-refractivity contribution >= 4 is 21.8 Å². The van der Waals surface area contributed by atoms with E-state index in [1.165, 1.54) is 22.5 Å². The molecule has 1 saturated heterocycles. The maximum absolute atomic E-state index is 12.7. The van der Waals surface area contributed by atoms with Gasteiger partial charge in [-0.25, -0.2) is 8.42 Å². The molecule has 0 aromatic heterocycles. The second-order valence-electron chi connectivity index (χ2n) is 6.65. The van der Waals surface area contributed by atoms with E-state index in [9.17, 15) is 18.5 Å². The van der Waals surface area contributed by atoms with Crippen molar-refractivity contribution in [1.29, 1.82) is 0 Å². The molecule has 1 aliphatic heterocycles. The molecule has 0 unspecified atom stereocenters. The summed E-state index contributed by atoms with van der Waals surface area (Å²) in [6, 6.07) is 16.0. The number of benzene rings is 2. The van der Waals surface area contributed by atoms with Crippen LogP contribution in [0.2, 0.25) is 0 Å². The lowest BCUT2D eigenvalue weighted by Gasteiger charge is -2.33. The number of nitrogens with zero attached hydrogens (tertiary/aromatic N) is 3. The van der Waals surface area contributed by atoms with Crippen molar-refractivity contribution in [1.82, 2.24) is 9.21 Å². The summed E-state index contributed by atoms with van der Waals surface area (Å²) in [6.45, 7) is 2.81. The Balaban J connectivity index is 1.55. The van der Waals surface area contributed by atoms with Crippen LogP contribution in [0, 0.1) is 10.1 Å². The molecule has 0 saturated carbocycles. The zero-order valence-corrected chi connectivity index (χ0v) is 16.3. The molecule has 2 aromatic rings. The summed E-state index contributed by atoms with van der Waals surface area (Å²) in [4.78, 5) is 12.8. The van der Waals surface area contributed by atoms with Crippen LogP contribution in [0.5, 0.6) is 0 Å². The Labute approximate surface area is 165 Å². The fourth-order valence-corrected chi connectivity index (χ4v) is 4.73. The first-order chi connectivity index (χ1) is 13.5. The summed E-state index contributed by atoms with van der Waals surface area (Å²) in [5.41, 5.74) is 1.20. The largest absolute Gasteiger partial charge is 0.297 e. The summed E-state index contributed by atoms with van der Waals surface area (Å²) in [5.74, 6) is -0.349. The van der Waals surface area contributed by atoms with E-state index in [1.54, 1.807) is 6.07 Å². The number of hydrogen-bond acceptors (Lipinski definition) is 5. The zero-order chi connectivity index (χ0) is 20.0. The third-order valence-electron chi connectivity index (χ3n) is 4.72. The van der Waals surface area contributed by atoms with Crippen LogP contribution >= 0.6 is 0 Å². The van der Waals surface area contributed by atoms with Crippen LogP contribution < -0.4 is 0 Å². The second-order valence-corrected chi connectivity index (χ2v) is 8.62. The molecule has 1 heterocycles. The molecule has 8 heteroatoms. The van der Waals surface area contributed by atoms with E-state index in [1.807, 2.05) is 30.3 Å². The van der Waals surface area contributed by atoms with Gasteiger partial charge in [0.25, 0.3) is 5.69 Å². The van der Waals surface area contributed by atoms with Crippen LogP contribution in [0.15, 0.2) is 60.7 Å². The molecule has 0 spiro atoms. The molecule has 7 nitrogen and oxygen atoms in total. The van der Waals surface area contributed by atoms with Gasteiger partial charge in [-0.3, -0.25) is 15.0 Å². The van der Waals surface area contributed by atoms with Gasteiger partial charge in [0.15, 0.2) is 0 Å².